The first kappa shape index (κ1) is 7.72. The predicted molar refractivity (Wildman–Crippen MR) is 44.8 cm³/mol. The summed E-state index contributed by atoms with van der Waals surface area (Å²) in [6.07, 6.45) is 3.38. The zero-order valence-electron chi connectivity index (χ0n) is 6.70. The lowest BCUT2D eigenvalue weighted by Crippen LogP contribution is -2.21. The maximum absolute atomic E-state index is 7.57. The predicted octanol–water partition coefficient (Wildman–Crippen LogP) is 0.969. The molecule has 0 saturated carbocycles. The van der Waals surface area contributed by atoms with E-state index in [0.29, 0.717) is 5.84 Å². The van der Waals surface area contributed by atoms with Crippen LogP contribution >= 0.6 is 0 Å². The average Bonchev–Trinajstić information content (AvgIpc) is 2.05. The Morgan fingerprint density at radius 1 is 1.55 bits per heavy atom. The molecule has 0 atom stereocenters. The lowest BCUT2D eigenvalue weighted by Gasteiger charge is -2.12. The summed E-state index contributed by atoms with van der Waals surface area (Å²) >= 11 is 0. The van der Waals surface area contributed by atoms with Gasteiger partial charge >= 0.3 is 0 Å². The Morgan fingerprint density at radius 2 is 2.27 bits per heavy atom. The summed E-state index contributed by atoms with van der Waals surface area (Å²) in [5, 5.41) is 7.57. The van der Waals surface area contributed by atoms with E-state index < -0.39 is 0 Å². The number of amidine groups is 1. The molecule has 0 saturated heterocycles. The molecule has 0 bridgehead atoms. The van der Waals surface area contributed by atoms with Gasteiger partial charge in [0.1, 0.15) is 5.84 Å². The lowest BCUT2D eigenvalue weighted by atomic mass is 10.2. The van der Waals surface area contributed by atoms with Crippen LogP contribution in [0.15, 0.2) is 24.5 Å². The fourth-order valence-corrected chi connectivity index (χ4v) is 0.761. The van der Waals surface area contributed by atoms with Gasteiger partial charge in [-0.05, 0) is 12.1 Å². The van der Waals surface area contributed by atoms with Crippen molar-refractivity contribution in [2.75, 3.05) is 14.1 Å². The van der Waals surface area contributed by atoms with Crippen molar-refractivity contribution in [1.29, 1.82) is 5.41 Å². The maximum Gasteiger partial charge on any atom is 0.129 e. The quantitative estimate of drug-likeness (QED) is 0.477. The molecule has 0 amide bonds. The van der Waals surface area contributed by atoms with Crippen molar-refractivity contribution in [3.05, 3.63) is 30.1 Å². The molecular formula is C8H11N3. The molecule has 3 heteroatoms. The molecule has 1 aromatic rings. The van der Waals surface area contributed by atoms with Crippen molar-refractivity contribution in [2.45, 2.75) is 0 Å². The van der Waals surface area contributed by atoms with Gasteiger partial charge in [-0.15, -0.1) is 0 Å². The van der Waals surface area contributed by atoms with Crippen molar-refractivity contribution < 1.29 is 0 Å². The van der Waals surface area contributed by atoms with Gasteiger partial charge in [0.2, 0.25) is 0 Å². The average molecular weight is 149 g/mol. The zero-order valence-corrected chi connectivity index (χ0v) is 6.70. The first-order valence-corrected chi connectivity index (χ1v) is 3.38. The molecule has 0 unspecified atom stereocenters. The summed E-state index contributed by atoms with van der Waals surface area (Å²) in [5.74, 6) is 0.484. The molecule has 0 aromatic carbocycles. The molecule has 1 aromatic heterocycles. The highest BCUT2D eigenvalue weighted by atomic mass is 15.1. The summed E-state index contributed by atoms with van der Waals surface area (Å²) in [6.45, 7) is 0. The molecule has 0 aliphatic rings. The largest absolute Gasteiger partial charge is 0.363 e. The summed E-state index contributed by atoms with van der Waals surface area (Å²) in [5.41, 5.74) is 0.845. The van der Waals surface area contributed by atoms with E-state index in [4.69, 9.17) is 5.41 Å². The minimum absolute atomic E-state index is 0.484. The van der Waals surface area contributed by atoms with Gasteiger partial charge in [-0.2, -0.15) is 0 Å². The van der Waals surface area contributed by atoms with Gasteiger partial charge in [-0.1, -0.05) is 0 Å². The zero-order chi connectivity index (χ0) is 8.27. The van der Waals surface area contributed by atoms with E-state index in [1.54, 1.807) is 17.3 Å². The Morgan fingerprint density at radius 3 is 2.73 bits per heavy atom. The minimum Gasteiger partial charge on any atom is -0.363 e. The first-order chi connectivity index (χ1) is 5.22. The van der Waals surface area contributed by atoms with Gasteiger partial charge in [0, 0.05) is 32.1 Å². The molecule has 0 aliphatic carbocycles. The summed E-state index contributed by atoms with van der Waals surface area (Å²) < 4.78 is 0. The van der Waals surface area contributed by atoms with Crippen molar-refractivity contribution in [2.24, 2.45) is 0 Å². The van der Waals surface area contributed by atoms with Crippen LogP contribution in [0, 0.1) is 5.41 Å². The second-order valence-electron chi connectivity index (χ2n) is 2.48. The molecule has 0 fully saturated rings. The number of rotatable bonds is 1. The van der Waals surface area contributed by atoms with E-state index >= 15 is 0 Å². The van der Waals surface area contributed by atoms with E-state index in [-0.39, 0.29) is 0 Å². The summed E-state index contributed by atoms with van der Waals surface area (Å²) in [4.78, 5) is 5.67. The van der Waals surface area contributed by atoms with Gasteiger partial charge in [-0.25, -0.2) is 0 Å². The van der Waals surface area contributed by atoms with Gasteiger partial charge in [0.05, 0.1) is 0 Å². The molecule has 11 heavy (non-hydrogen) atoms. The SMILES string of the molecule is CN(C)C(=N)c1cccnc1. The Balaban J connectivity index is 2.86. The van der Waals surface area contributed by atoms with Crippen LogP contribution in [0.4, 0.5) is 0 Å². The summed E-state index contributed by atoms with van der Waals surface area (Å²) in [6, 6.07) is 3.70. The molecule has 0 spiro atoms. The second-order valence-corrected chi connectivity index (χ2v) is 2.48. The third-order valence-electron chi connectivity index (χ3n) is 1.38. The van der Waals surface area contributed by atoms with Crippen LogP contribution in [0.25, 0.3) is 0 Å². The Bertz CT molecular complexity index is 241. The fourth-order valence-electron chi connectivity index (χ4n) is 0.761. The minimum atomic E-state index is 0.484. The van der Waals surface area contributed by atoms with Crippen LogP contribution in [0.2, 0.25) is 0 Å². The highest BCUT2D eigenvalue weighted by molar-refractivity contribution is 5.95. The van der Waals surface area contributed by atoms with Gasteiger partial charge in [0.15, 0.2) is 0 Å². The molecule has 0 radical (unpaired) electrons. The Labute approximate surface area is 66.2 Å². The molecule has 0 aliphatic heterocycles. The molecule has 1 N–H and O–H groups in total. The number of pyridine rings is 1. The molecule has 3 nitrogen and oxygen atoms in total. The number of hydrogen-bond acceptors (Lipinski definition) is 2. The van der Waals surface area contributed by atoms with Crippen LogP contribution < -0.4 is 0 Å². The van der Waals surface area contributed by atoms with Crippen LogP contribution in [-0.4, -0.2) is 29.8 Å². The standard InChI is InChI=1S/C8H11N3/c1-11(2)8(9)7-4-3-5-10-6-7/h3-6,9H,1-2H3. The molecular weight excluding hydrogens is 138 g/mol. The molecule has 58 valence electrons. The molecule has 1 heterocycles. The maximum atomic E-state index is 7.57. The highest BCUT2D eigenvalue weighted by Crippen LogP contribution is 1.97. The summed E-state index contributed by atoms with van der Waals surface area (Å²) in [7, 11) is 3.69. The van der Waals surface area contributed by atoms with E-state index in [2.05, 4.69) is 4.98 Å². The van der Waals surface area contributed by atoms with Crippen LogP contribution in [0.3, 0.4) is 0 Å². The normalized spacial score (nSPS) is 9.27. The van der Waals surface area contributed by atoms with Gasteiger partial charge in [-0.3, -0.25) is 10.4 Å². The van der Waals surface area contributed by atoms with Crippen LogP contribution in [0.5, 0.6) is 0 Å². The number of nitrogens with zero attached hydrogens (tertiary/aromatic N) is 2. The topological polar surface area (TPSA) is 40.0 Å². The van der Waals surface area contributed by atoms with Crippen molar-refractivity contribution in [1.82, 2.24) is 9.88 Å². The van der Waals surface area contributed by atoms with Crippen molar-refractivity contribution >= 4 is 5.84 Å². The highest BCUT2D eigenvalue weighted by Gasteiger charge is 2.00. The lowest BCUT2D eigenvalue weighted by molar-refractivity contribution is 0.619. The van der Waals surface area contributed by atoms with E-state index in [1.165, 1.54) is 0 Å². The Kier molecular flexibility index (Phi) is 2.21. The third-order valence-corrected chi connectivity index (χ3v) is 1.38. The van der Waals surface area contributed by atoms with E-state index in [0.717, 1.165) is 5.56 Å². The third kappa shape index (κ3) is 1.77. The van der Waals surface area contributed by atoms with Gasteiger partial charge < -0.3 is 4.90 Å². The van der Waals surface area contributed by atoms with E-state index in [9.17, 15) is 0 Å². The van der Waals surface area contributed by atoms with Gasteiger partial charge in [0.25, 0.3) is 0 Å². The van der Waals surface area contributed by atoms with Crippen molar-refractivity contribution in [3.8, 4) is 0 Å². The van der Waals surface area contributed by atoms with E-state index in [1.807, 2.05) is 26.2 Å². The first-order valence-electron chi connectivity index (χ1n) is 3.38. The fraction of sp³-hybridized carbons (Fsp3) is 0.250. The number of hydrogen-bond donors (Lipinski definition) is 1. The number of aromatic nitrogens is 1. The van der Waals surface area contributed by atoms with Crippen LogP contribution in [-0.2, 0) is 0 Å². The number of nitrogens with one attached hydrogen (secondary N) is 1. The monoisotopic (exact) mass is 149 g/mol. The Hall–Kier alpha value is -1.38. The molecule has 1 rings (SSSR count). The second kappa shape index (κ2) is 3.14. The smallest absolute Gasteiger partial charge is 0.129 e. The van der Waals surface area contributed by atoms with Crippen LogP contribution in [0.1, 0.15) is 5.56 Å². The van der Waals surface area contributed by atoms with Crippen molar-refractivity contribution in [3.63, 3.8) is 0 Å².